The Hall–Kier alpha value is 1.16. The predicted molar refractivity (Wildman–Crippen MR) is 186 cm³/mol. The molecule has 2 aliphatic heterocycles. The Bertz CT molecular complexity index is 901. The van der Waals surface area contributed by atoms with Crippen LogP contribution in [0.4, 0.5) is 24.5 Å². The zero-order valence-corrected chi connectivity index (χ0v) is 29.8. The lowest BCUT2D eigenvalue weighted by Crippen LogP contribution is -2.47. The molecule has 1 saturated heterocycles. The summed E-state index contributed by atoms with van der Waals surface area (Å²) in [5.41, 5.74) is 1.01. The van der Waals surface area contributed by atoms with E-state index in [-0.39, 0.29) is 131 Å². The molecule has 40 heavy (non-hydrogen) atoms. The van der Waals surface area contributed by atoms with Crippen molar-refractivity contribution in [1.29, 1.82) is 0 Å². The lowest BCUT2D eigenvalue weighted by atomic mass is 10.1. The van der Waals surface area contributed by atoms with E-state index in [0.717, 1.165) is 54.6 Å². The van der Waals surface area contributed by atoms with Gasteiger partial charge < -0.3 is 14.9 Å². The summed E-state index contributed by atoms with van der Waals surface area (Å²) in [6.45, 7) is 6.29. The first kappa shape index (κ1) is 56.9. The predicted octanol–water partition coefficient (Wildman–Crippen LogP) is 8.53. The Kier molecular flexibility index (Phi) is 37.8. The van der Waals surface area contributed by atoms with Gasteiger partial charge in [-0.1, -0.05) is 23.9 Å². The largest absolute Gasteiger partial charge is 0.416 e. The number of hydrogen-bond donors (Lipinski definition) is 1. The first-order chi connectivity index (χ1) is 14.5. The molecule has 2 aliphatic rings. The van der Waals surface area contributed by atoms with E-state index in [1.807, 2.05) is 29.2 Å². The van der Waals surface area contributed by atoms with E-state index in [9.17, 15) is 13.2 Å². The number of anilines is 2. The van der Waals surface area contributed by atoms with Crippen LogP contribution in [0.5, 0.6) is 0 Å². The Morgan fingerprint density at radius 3 is 1.68 bits per heavy atom. The molecule has 4 rings (SSSR count). The van der Waals surface area contributed by atoms with Gasteiger partial charge in [-0.2, -0.15) is 13.2 Å². The summed E-state index contributed by atoms with van der Waals surface area (Å²) < 4.78 is 39.9. The van der Waals surface area contributed by atoms with Gasteiger partial charge in [0, 0.05) is 49.1 Å². The monoisotopic (exact) mass is 797 g/mol. The highest BCUT2D eigenvalue weighted by atomic mass is 35.5. The number of piperazine rings is 1. The number of aliphatic hydroxyl groups is 1. The topological polar surface area (TPSA) is 30.0 Å². The van der Waals surface area contributed by atoms with Gasteiger partial charge in [0.2, 0.25) is 0 Å². The minimum atomic E-state index is -4.35. The lowest BCUT2D eigenvalue weighted by Gasteiger charge is -2.36. The smallest absolute Gasteiger partial charge is 0.395 e. The number of alkyl halides is 3. The summed E-state index contributed by atoms with van der Waals surface area (Å²) >= 11 is 1.53. The van der Waals surface area contributed by atoms with Gasteiger partial charge in [-0.25, -0.2) is 0 Å². The second-order valence-corrected chi connectivity index (χ2v) is 8.75. The van der Waals surface area contributed by atoms with E-state index in [1.165, 1.54) is 23.9 Å². The third kappa shape index (κ3) is 14.8. The molecule has 242 valence electrons. The maximum absolute atomic E-state index is 13.3. The van der Waals surface area contributed by atoms with Crippen LogP contribution < -0.4 is 4.90 Å². The molecule has 0 amide bonds. The average Bonchev–Trinajstić information content (AvgIpc) is 2.73. The molecule has 0 bridgehead atoms. The summed E-state index contributed by atoms with van der Waals surface area (Å²) in [5, 5.41) is 9.07. The highest BCUT2D eigenvalue weighted by Gasteiger charge is 2.33. The van der Waals surface area contributed by atoms with E-state index in [4.69, 9.17) is 5.11 Å². The first-order valence-electron chi connectivity index (χ1n) is 10.3. The third-order valence-corrected chi connectivity index (χ3v) is 6.82. The standard InChI is InChI=1S/C22H26F3N3OS.10ClH/c23-22(24,25)17-6-7-21-19(16-17)28(18-4-1-2-5-20(18)30-21)9-3-8-26-10-12-27(13-11-26)14-15-29;;;;;;;;;;/h1-2,4-7,16,29H,3,8-15H2;10*1H. The van der Waals surface area contributed by atoms with Gasteiger partial charge >= 0.3 is 6.18 Å². The van der Waals surface area contributed by atoms with Crippen LogP contribution in [0.15, 0.2) is 52.3 Å². The van der Waals surface area contributed by atoms with Gasteiger partial charge in [-0.05, 0) is 43.3 Å². The second kappa shape index (κ2) is 26.6. The Balaban J connectivity index is -0.000000218. The first-order valence-corrected chi connectivity index (χ1v) is 11.1. The van der Waals surface area contributed by atoms with Crippen molar-refractivity contribution in [3.63, 3.8) is 0 Å². The molecule has 0 aliphatic carbocycles. The molecule has 0 saturated carbocycles. The van der Waals surface area contributed by atoms with Gasteiger partial charge in [0.05, 0.1) is 23.5 Å². The van der Waals surface area contributed by atoms with E-state index in [1.54, 1.807) is 6.07 Å². The van der Waals surface area contributed by atoms with Gasteiger partial charge in [0.25, 0.3) is 0 Å². The fourth-order valence-corrected chi connectivity index (χ4v) is 5.15. The molecule has 0 atom stereocenters. The zero-order chi connectivity index (χ0) is 21.1. The maximum atomic E-state index is 13.3. The Morgan fingerprint density at radius 1 is 0.650 bits per heavy atom. The number of β-amino-alcohol motifs (C(OH)–C–C–N with tert-alkyl or cyclic N) is 1. The number of fused-ring (bicyclic) bond motifs is 2. The maximum Gasteiger partial charge on any atom is 0.416 e. The van der Waals surface area contributed by atoms with Crippen LogP contribution in [0.2, 0.25) is 0 Å². The third-order valence-electron chi connectivity index (χ3n) is 5.69. The van der Waals surface area contributed by atoms with Crippen LogP contribution >= 0.6 is 136 Å². The number of rotatable bonds is 6. The van der Waals surface area contributed by atoms with Crippen molar-refractivity contribution in [3.8, 4) is 0 Å². The summed E-state index contributed by atoms with van der Waals surface area (Å²) in [6.07, 6.45) is -3.48. The van der Waals surface area contributed by atoms with Crippen molar-refractivity contribution in [2.75, 3.05) is 57.3 Å². The van der Waals surface area contributed by atoms with E-state index in [2.05, 4.69) is 9.80 Å². The minimum Gasteiger partial charge on any atom is -0.395 e. The van der Waals surface area contributed by atoms with Crippen LogP contribution in [0.3, 0.4) is 0 Å². The molecular formula is C22H36Cl10F3N3OS. The van der Waals surface area contributed by atoms with Crippen molar-refractivity contribution in [3.05, 3.63) is 48.0 Å². The molecule has 0 spiro atoms. The molecule has 2 aromatic carbocycles. The quantitative estimate of drug-likeness (QED) is 0.317. The number of hydrogen-bond acceptors (Lipinski definition) is 5. The highest BCUT2D eigenvalue weighted by molar-refractivity contribution is 7.99. The molecule has 2 aromatic rings. The molecule has 1 N–H and O–H groups in total. The molecule has 2 heterocycles. The molecule has 0 aromatic heterocycles. The van der Waals surface area contributed by atoms with E-state index in [0.29, 0.717) is 18.8 Å². The van der Waals surface area contributed by atoms with Gasteiger partial charge in [0.1, 0.15) is 0 Å². The number of nitrogens with zero attached hydrogens (tertiary/aromatic N) is 3. The number of halogens is 13. The summed E-state index contributed by atoms with van der Waals surface area (Å²) in [5.74, 6) is 0. The fourth-order valence-electron chi connectivity index (χ4n) is 4.08. The lowest BCUT2D eigenvalue weighted by molar-refractivity contribution is -0.137. The second-order valence-electron chi connectivity index (χ2n) is 7.66. The van der Waals surface area contributed by atoms with Crippen molar-refractivity contribution >= 4 is 147 Å². The molecule has 0 radical (unpaired) electrons. The fraction of sp³-hybridized carbons (Fsp3) is 0.455. The van der Waals surface area contributed by atoms with Crippen LogP contribution in [-0.2, 0) is 6.18 Å². The summed E-state index contributed by atoms with van der Waals surface area (Å²) in [6, 6.07) is 11.9. The zero-order valence-electron chi connectivity index (χ0n) is 20.8. The number of benzene rings is 2. The summed E-state index contributed by atoms with van der Waals surface area (Å²) in [7, 11) is 0. The van der Waals surface area contributed by atoms with Crippen LogP contribution in [0, 0.1) is 0 Å². The summed E-state index contributed by atoms with van der Waals surface area (Å²) in [4.78, 5) is 8.62. The minimum absolute atomic E-state index is 0. The number of aliphatic hydroxyl groups excluding tert-OH is 1. The van der Waals surface area contributed by atoms with E-state index < -0.39 is 11.7 Å². The molecule has 4 nitrogen and oxygen atoms in total. The van der Waals surface area contributed by atoms with Crippen LogP contribution in [0.1, 0.15) is 12.0 Å². The van der Waals surface area contributed by atoms with Crippen LogP contribution in [0.25, 0.3) is 0 Å². The van der Waals surface area contributed by atoms with Crippen molar-refractivity contribution in [2.24, 2.45) is 0 Å². The van der Waals surface area contributed by atoms with Crippen molar-refractivity contribution < 1.29 is 18.3 Å². The Morgan fingerprint density at radius 2 is 1.15 bits per heavy atom. The van der Waals surface area contributed by atoms with Crippen LogP contribution in [-0.4, -0.2) is 67.3 Å². The molecule has 0 unspecified atom stereocenters. The van der Waals surface area contributed by atoms with Gasteiger partial charge in [0.15, 0.2) is 0 Å². The Labute approximate surface area is 300 Å². The van der Waals surface area contributed by atoms with Gasteiger partial charge in [-0.3, -0.25) is 4.90 Å². The van der Waals surface area contributed by atoms with Crippen molar-refractivity contribution in [1.82, 2.24) is 9.80 Å². The molecular weight excluding hydrogens is 766 g/mol. The van der Waals surface area contributed by atoms with E-state index >= 15 is 0 Å². The molecule has 18 heteroatoms. The normalized spacial score (nSPS) is 13.2. The average molecular weight is 802 g/mol. The SMILES string of the molecule is Cl.Cl.Cl.Cl.Cl.Cl.Cl.Cl.Cl.Cl.OCCN1CCN(CCCN2c3ccccc3Sc3ccc(C(F)(F)F)cc32)CC1. The van der Waals surface area contributed by atoms with Crippen molar-refractivity contribution in [2.45, 2.75) is 22.4 Å². The van der Waals surface area contributed by atoms with Gasteiger partial charge in [-0.15, -0.1) is 124 Å². The molecule has 1 fully saturated rings. The highest BCUT2D eigenvalue weighted by Crippen LogP contribution is 2.49. The number of para-hydroxylation sites is 1.